The van der Waals surface area contributed by atoms with Crippen LogP contribution in [-0.2, 0) is 19.3 Å². The van der Waals surface area contributed by atoms with Crippen LogP contribution < -0.4 is 0 Å². The first-order valence-corrected chi connectivity index (χ1v) is 8.83. The lowest BCUT2D eigenvalue weighted by molar-refractivity contribution is -0.136. The van der Waals surface area contributed by atoms with E-state index < -0.39 is 9.84 Å². The minimum atomic E-state index is -2.96. The van der Waals surface area contributed by atoms with Gasteiger partial charge in [0, 0.05) is 19.6 Å². The highest BCUT2D eigenvalue weighted by molar-refractivity contribution is 7.91. The first-order chi connectivity index (χ1) is 8.57. The maximum Gasteiger partial charge on any atom is 0.158 e. The molecule has 0 heterocycles. The van der Waals surface area contributed by atoms with E-state index in [4.69, 9.17) is 9.47 Å². The number of rotatable bonds is 9. The Morgan fingerprint density at radius 2 is 1.67 bits per heavy atom. The van der Waals surface area contributed by atoms with Gasteiger partial charge in [0.1, 0.15) is 0 Å². The van der Waals surface area contributed by atoms with Crippen molar-refractivity contribution in [3.8, 4) is 0 Å². The Labute approximate surface area is 111 Å². The third-order valence-corrected chi connectivity index (χ3v) is 5.17. The van der Waals surface area contributed by atoms with Crippen LogP contribution in [0, 0.1) is 5.92 Å². The van der Waals surface area contributed by atoms with Crippen LogP contribution in [0.1, 0.15) is 46.0 Å². The molecule has 0 aromatic rings. The molecule has 1 aliphatic rings. The van der Waals surface area contributed by atoms with E-state index in [1.54, 1.807) is 0 Å². The zero-order chi connectivity index (χ0) is 13.4. The van der Waals surface area contributed by atoms with Crippen molar-refractivity contribution in [2.45, 2.75) is 52.2 Å². The summed E-state index contributed by atoms with van der Waals surface area (Å²) in [6.45, 7) is 4.87. The second-order valence-electron chi connectivity index (χ2n) is 4.89. The van der Waals surface area contributed by atoms with Crippen molar-refractivity contribution in [3.05, 3.63) is 0 Å². The highest BCUT2D eigenvalue weighted by atomic mass is 32.2. The van der Waals surface area contributed by atoms with E-state index in [1.165, 1.54) is 12.8 Å². The lowest BCUT2D eigenvalue weighted by Gasteiger charge is -2.17. The van der Waals surface area contributed by atoms with Crippen molar-refractivity contribution >= 4 is 9.84 Å². The molecule has 0 aromatic carbocycles. The molecule has 0 aromatic heterocycles. The van der Waals surface area contributed by atoms with Crippen LogP contribution >= 0.6 is 0 Å². The Morgan fingerprint density at radius 1 is 1.11 bits per heavy atom. The second kappa shape index (κ2) is 8.12. The summed E-state index contributed by atoms with van der Waals surface area (Å²) in [5.41, 5.74) is 0. The molecule has 4 nitrogen and oxygen atoms in total. The molecular weight excluding hydrogens is 252 g/mol. The summed E-state index contributed by atoms with van der Waals surface area (Å²) in [7, 11) is -2.96. The molecule has 1 fully saturated rings. The lowest BCUT2D eigenvalue weighted by atomic mass is 10.1. The predicted molar refractivity (Wildman–Crippen MR) is 72.3 cm³/mol. The molecule has 1 aliphatic carbocycles. The fraction of sp³-hybridized carbons (Fsp3) is 1.00. The molecule has 0 radical (unpaired) electrons. The van der Waals surface area contributed by atoms with Gasteiger partial charge >= 0.3 is 0 Å². The van der Waals surface area contributed by atoms with Crippen molar-refractivity contribution < 1.29 is 17.9 Å². The summed E-state index contributed by atoms with van der Waals surface area (Å²) in [5.74, 6) is 0.902. The van der Waals surface area contributed by atoms with E-state index in [-0.39, 0.29) is 12.0 Å². The molecule has 1 saturated carbocycles. The van der Waals surface area contributed by atoms with Crippen molar-refractivity contribution in [1.82, 2.24) is 0 Å². The second-order valence-corrected chi connectivity index (χ2v) is 7.12. The first kappa shape index (κ1) is 15.9. The smallest absolute Gasteiger partial charge is 0.158 e. The summed E-state index contributed by atoms with van der Waals surface area (Å²) in [6.07, 6.45) is 4.57. The zero-order valence-electron chi connectivity index (χ0n) is 11.6. The van der Waals surface area contributed by atoms with Crippen LogP contribution in [-0.4, -0.2) is 39.4 Å². The van der Waals surface area contributed by atoms with Crippen LogP contribution in [0.4, 0.5) is 0 Å². The normalized spacial score (nSPS) is 17.7. The van der Waals surface area contributed by atoms with Crippen LogP contribution in [0.25, 0.3) is 0 Å². The van der Waals surface area contributed by atoms with Gasteiger partial charge in [-0.3, -0.25) is 0 Å². The fourth-order valence-corrected chi connectivity index (χ4v) is 4.25. The van der Waals surface area contributed by atoms with Gasteiger partial charge in [0.15, 0.2) is 16.1 Å². The third-order valence-electron chi connectivity index (χ3n) is 3.33. The summed E-state index contributed by atoms with van der Waals surface area (Å²) >= 11 is 0. The van der Waals surface area contributed by atoms with Gasteiger partial charge in [0.2, 0.25) is 0 Å². The SMILES string of the molecule is CCOC(CCS(=O)(=O)CC1CCCC1)OCC. The van der Waals surface area contributed by atoms with E-state index in [2.05, 4.69) is 0 Å². The van der Waals surface area contributed by atoms with E-state index in [9.17, 15) is 8.42 Å². The maximum atomic E-state index is 12.0. The van der Waals surface area contributed by atoms with E-state index in [1.807, 2.05) is 13.8 Å². The minimum absolute atomic E-state index is 0.175. The Morgan fingerprint density at radius 3 is 2.17 bits per heavy atom. The molecule has 0 spiro atoms. The summed E-state index contributed by atoms with van der Waals surface area (Å²) in [6, 6.07) is 0. The lowest BCUT2D eigenvalue weighted by Crippen LogP contribution is -2.24. The van der Waals surface area contributed by atoms with Crippen molar-refractivity contribution in [3.63, 3.8) is 0 Å². The van der Waals surface area contributed by atoms with Gasteiger partial charge in [-0.15, -0.1) is 0 Å². The topological polar surface area (TPSA) is 52.6 Å². The van der Waals surface area contributed by atoms with Crippen molar-refractivity contribution in [2.24, 2.45) is 5.92 Å². The first-order valence-electron chi connectivity index (χ1n) is 7.01. The molecule has 1 rings (SSSR count). The highest BCUT2D eigenvalue weighted by Crippen LogP contribution is 2.26. The highest BCUT2D eigenvalue weighted by Gasteiger charge is 2.23. The quantitative estimate of drug-likeness (QED) is 0.608. The largest absolute Gasteiger partial charge is 0.353 e. The third kappa shape index (κ3) is 6.16. The van der Waals surface area contributed by atoms with E-state index in [0.717, 1.165) is 12.8 Å². The van der Waals surface area contributed by atoms with E-state index >= 15 is 0 Å². The van der Waals surface area contributed by atoms with Gasteiger partial charge < -0.3 is 9.47 Å². The molecule has 5 heteroatoms. The molecular formula is C13H26O4S. The molecule has 0 bridgehead atoms. The van der Waals surface area contributed by atoms with E-state index in [0.29, 0.717) is 31.3 Å². The van der Waals surface area contributed by atoms with Crippen LogP contribution in [0.2, 0.25) is 0 Å². The van der Waals surface area contributed by atoms with Crippen LogP contribution in [0.15, 0.2) is 0 Å². The summed E-state index contributed by atoms with van der Waals surface area (Å²) in [5, 5.41) is 0. The number of sulfone groups is 1. The molecule has 0 atom stereocenters. The van der Waals surface area contributed by atoms with Crippen molar-refractivity contribution in [2.75, 3.05) is 24.7 Å². The summed E-state index contributed by atoms with van der Waals surface area (Å²) in [4.78, 5) is 0. The van der Waals surface area contributed by atoms with Gasteiger partial charge in [-0.2, -0.15) is 0 Å². The Hall–Kier alpha value is -0.130. The molecule has 0 unspecified atom stereocenters. The Balaban J connectivity index is 2.34. The van der Waals surface area contributed by atoms with Gasteiger partial charge in [-0.1, -0.05) is 12.8 Å². The van der Waals surface area contributed by atoms with Crippen LogP contribution in [0.5, 0.6) is 0 Å². The maximum absolute atomic E-state index is 12.0. The average molecular weight is 278 g/mol. The molecule has 108 valence electrons. The number of hydrogen-bond acceptors (Lipinski definition) is 4. The predicted octanol–water partition coefficient (Wildman–Crippen LogP) is 2.38. The minimum Gasteiger partial charge on any atom is -0.353 e. The fourth-order valence-electron chi connectivity index (χ4n) is 2.48. The summed E-state index contributed by atoms with van der Waals surface area (Å²) < 4.78 is 34.7. The van der Waals surface area contributed by atoms with Gasteiger partial charge in [-0.05, 0) is 32.6 Å². The van der Waals surface area contributed by atoms with Gasteiger partial charge in [0.05, 0.1) is 11.5 Å². The van der Waals surface area contributed by atoms with Crippen molar-refractivity contribution in [1.29, 1.82) is 0 Å². The van der Waals surface area contributed by atoms with Crippen LogP contribution in [0.3, 0.4) is 0 Å². The molecule has 18 heavy (non-hydrogen) atoms. The number of hydrogen-bond donors (Lipinski definition) is 0. The van der Waals surface area contributed by atoms with Gasteiger partial charge in [-0.25, -0.2) is 8.42 Å². The zero-order valence-corrected chi connectivity index (χ0v) is 12.4. The Bertz CT molecular complexity index is 301. The van der Waals surface area contributed by atoms with Gasteiger partial charge in [0.25, 0.3) is 0 Å². The standard InChI is InChI=1S/C13H26O4S/c1-3-16-13(17-4-2)9-10-18(14,15)11-12-7-5-6-8-12/h12-13H,3-11H2,1-2H3. The number of ether oxygens (including phenoxy) is 2. The molecule has 0 aliphatic heterocycles. The molecule has 0 N–H and O–H groups in total. The molecule has 0 saturated heterocycles. The molecule has 0 amide bonds. The average Bonchev–Trinajstić information content (AvgIpc) is 2.79. The monoisotopic (exact) mass is 278 g/mol. The Kier molecular flexibility index (Phi) is 7.19.